The molecule has 0 saturated carbocycles. The maximum absolute atomic E-state index is 14.2. The number of aliphatic hydroxyl groups is 1. The second-order valence-corrected chi connectivity index (χ2v) is 6.54. The molecule has 0 radical (unpaired) electrons. The number of aliphatic hydroxyl groups excluding tert-OH is 1. The molecule has 0 unspecified atom stereocenters. The number of hydrogen-bond acceptors (Lipinski definition) is 5. The van der Waals surface area contributed by atoms with E-state index < -0.39 is 11.9 Å². The number of pyridine rings is 2. The van der Waals surface area contributed by atoms with Crippen LogP contribution in [0.15, 0.2) is 60.9 Å². The smallest absolute Gasteiger partial charge is 0.144 e. The molecule has 1 aromatic carbocycles. The lowest BCUT2D eigenvalue weighted by molar-refractivity contribution is 0.298. The molecule has 0 saturated heterocycles. The topological polar surface area (TPSA) is 89.9 Å². The predicted octanol–water partition coefficient (Wildman–Crippen LogP) is 2.73. The Morgan fingerprint density at radius 1 is 1.11 bits per heavy atom. The van der Waals surface area contributed by atoms with Gasteiger partial charge in [-0.15, -0.1) is 0 Å². The maximum atomic E-state index is 14.2. The standard InChI is InChI=1S/C21H20FN5O/c22-16-8-7-15(9-11-28)26-18(16)12-17(23)21-20(6-3-10-24-21)27-19-5-2-1-4-14(19)13-25-27/h1-8,10,13,17,28H,9,11-12,23H2/t17-/m0/s1. The molecule has 3 heterocycles. The van der Waals surface area contributed by atoms with E-state index in [9.17, 15) is 4.39 Å². The van der Waals surface area contributed by atoms with E-state index in [0.717, 1.165) is 16.6 Å². The van der Waals surface area contributed by atoms with Gasteiger partial charge >= 0.3 is 0 Å². The van der Waals surface area contributed by atoms with E-state index in [1.165, 1.54) is 6.07 Å². The minimum absolute atomic E-state index is 0.0408. The van der Waals surface area contributed by atoms with Crippen molar-refractivity contribution < 1.29 is 9.50 Å². The molecule has 28 heavy (non-hydrogen) atoms. The number of aromatic nitrogens is 4. The number of fused-ring (bicyclic) bond motifs is 1. The second-order valence-electron chi connectivity index (χ2n) is 6.54. The molecule has 0 aliphatic heterocycles. The lowest BCUT2D eigenvalue weighted by atomic mass is 10.0. The number of para-hydroxylation sites is 1. The highest BCUT2D eigenvalue weighted by Gasteiger charge is 2.19. The Labute approximate surface area is 161 Å². The van der Waals surface area contributed by atoms with E-state index >= 15 is 0 Å². The summed E-state index contributed by atoms with van der Waals surface area (Å²) >= 11 is 0. The monoisotopic (exact) mass is 377 g/mol. The average molecular weight is 377 g/mol. The minimum atomic E-state index is -0.564. The SMILES string of the molecule is N[C@@H](Cc1nc(CCO)ccc1F)c1ncccc1-n1ncc2ccccc21. The predicted molar refractivity (Wildman–Crippen MR) is 104 cm³/mol. The number of nitrogens with two attached hydrogens (primary N) is 1. The largest absolute Gasteiger partial charge is 0.396 e. The summed E-state index contributed by atoms with van der Waals surface area (Å²) in [6, 6.07) is 14.0. The molecule has 0 aliphatic rings. The van der Waals surface area contributed by atoms with Gasteiger partial charge in [0, 0.05) is 36.7 Å². The Morgan fingerprint density at radius 2 is 1.96 bits per heavy atom. The molecule has 0 aliphatic carbocycles. The summed E-state index contributed by atoms with van der Waals surface area (Å²) < 4.78 is 16.0. The van der Waals surface area contributed by atoms with E-state index in [0.29, 0.717) is 17.8 Å². The molecule has 142 valence electrons. The summed E-state index contributed by atoms with van der Waals surface area (Å²) in [6.45, 7) is -0.0408. The van der Waals surface area contributed by atoms with Crippen LogP contribution < -0.4 is 5.73 Å². The Balaban J connectivity index is 1.70. The van der Waals surface area contributed by atoms with Gasteiger partial charge in [0.1, 0.15) is 5.82 Å². The van der Waals surface area contributed by atoms with Gasteiger partial charge in [0.2, 0.25) is 0 Å². The molecular formula is C21H20FN5O. The summed E-state index contributed by atoms with van der Waals surface area (Å²) in [5.74, 6) is -0.417. The van der Waals surface area contributed by atoms with Crippen LogP contribution >= 0.6 is 0 Å². The van der Waals surface area contributed by atoms with Crippen molar-refractivity contribution in [2.75, 3.05) is 6.61 Å². The van der Waals surface area contributed by atoms with Crippen molar-refractivity contribution in [3.63, 3.8) is 0 Å². The van der Waals surface area contributed by atoms with Crippen LogP contribution in [0.3, 0.4) is 0 Å². The van der Waals surface area contributed by atoms with E-state index in [4.69, 9.17) is 10.8 Å². The van der Waals surface area contributed by atoms with Crippen LogP contribution in [0.2, 0.25) is 0 Å². The summed E-state index contributed by atoms with van der Waals surface area (Å²) in [7, 11) is 0. The first-order valence-electron chi connectivity index (χ1n) is 9.06. The Hall–Kier alpha value is -3.16. The van der Waals surface area contributed by atoms with Crippen LogP contribution in [-0.2, 0) is 12.8 Å². The van der Waals surface area contributed by atoms with Crippen molar-refractivity contribution in [2.24, 2.45) is 5.73 Å². The van der Waals surface area contributed by atoms with Gasteiger partial charge in [-0.1, -0.05) is 18.2 Å². The van der Waals surface area contributed by atoms with Crippen molar-refractivity contribution in [1.82, 2.24) is 19.7 Å². The number of nitrogens with zero attached hydrogens (tertiary/aromatic N) is 4. The zero-order valence-corrected chi connectivity index (χ0v) is 15.2. The van der Waals surface area contributed by atoms with Gasteiger partial charge in [-0.05, 0) is 30.3 Å². The minimum Gasteiger partial charge on any atom is -0.396 e. The molecule has 0 amide bonds. The van der Waals surface area contributed by atoms with Crippen LogP contribution in [0, 0.1) is 5.82 Å². The summed E-state index contributed by atoms with van der Waals surface area (Å²) in [4.78, 5) is 8.75. The highest BCUT2D eigenvalue weighted by atomic mass is 19.1. The molecule has 0 fully saturated rings. The lowest BCUT2D eigenvalue weighted by Crippen LogP contribution is -2.19. The van der Waals surface area contributed by atoms with E-state index in [1.54, 1.807) is 23.1 Å². The van der Waals surface area contributed by atoms with Gasteiger partial charge in [-0.3, -0.25) is 9.97 Å². The van der Waals surface area contributed by atoms with Gasteiger partial charge in [-0.2, -0.15) is 5.10 Å². The van der Waals surface area contributed by atoms with Crippen molar-refractivity contribution in [3.05, 3.63) is 83.8 Å². The van der Waals surface area contributed by atoms with E-state index in [2.05, 4.69) is 15.1 Å². The number of halogens is 1. The Morgan fingerprint density at radius 3 is 2.82 bits per heavy atom. The Kier molecular flexibility index (Phi) is 5.10. The quantitative estimate of drug-likeness (QED) is 0.539. The van der Waals surface area contributed by atoms with Crippen LogP contribution in [-0.4, -0.2) is 31.5 Å². The van der Waals surface area contributed by atoms with Crippen LogP contribution in [0.4, 0.5) is 4.39 Å². The fraction of sp³-hybridized carbons (Fsp3) is 0.190. The van der Waals surface area contributed by atoms with E-state index in [1.807, 2.05) is 36.4 Å². The van der Waals surface area contributed by atoms with Crippen molar-refractivity contribution >= 4 is 10.9 Å². The molecule has 0 spiro atoms. The highest BCUT2D eigenvalue weighted by molar-refractivity contribution is 5.80. The molecule has 0 bridgehead atoms. The molecule has 3 N–H and O–H groups in total. The maximum Gasteiger partial charge on any atom is 0.144 e. The first-order valence-corrected chi connectivity index (χ1v) is 9.06. The summed E-state index contributed by atoms with van der Waals surface area (Å²) in [5.41, 5.74) is 9.62. The number of benzene rings is 1. The molecule has 1 atom stereocenters. The second kappa shape index (κ2) is 7.84. The number of rotatable bonds is 6. The molecule has 4 aromatic rings. The third kappa shape index (κ3) is 3.49. The fourth-order valence-electron chi connectivity index (χ4n) is 3.27. The van der Waals surface area contributed by atoms with Crippen LogP contribution in [0.5, 0.6) is 0 Å². The first kappa shape index (κ1) is 18.2. The van der Waals surface area contributed by atoms with Gasteiger partial charge in [0.15, 0.2) is 0 Å². The van der Waals surface area contributed by atoms with Gasteiger partial charge in [0.05, 0.1) is 34.8 Å². The van der Waals surface area contributed by atoms with Crippen molar-refractivity contribution in [1.29, 1.82) is 0 Å². The average Bonchev–Trinajstić information content (AvgIpc) is 3.15. The van der Waals surface area contributed by atoms with Crippen LogP contribution in [0.1, 0.15) is 23.1 Å². The third-order valence-corrected chi connectivity index (χ3v) is 4.63. The van der Waals surface area contributed by atoms with Gasteiger partial charge < -0.3 is 10.8 Å². The Bertz CT molecular complexity index is 1110. The van der Waals surface area contributed by atoms with Crippen molar-refractivity contribution in [2.45, 2.75) is 18.9 Å². The zero-order chi connectivity index (χ0) is 19.5. The summed E-state index contributed by atoms with van der Waals surface area (Å²) in [5, 5.41) is 14.6. The number of hydrogen-bond donors (Lipinski definition) is 2. The van der Waals surface area contributed by atoms with Gasteiger partial charge in [-0.25, -0.2) is 9.07 Å². The zero-order valence-electron chi connectivity index (χ0n) is 15.2. The van der Waals surface area contributed by atoms with Gasteiger partial charge in [0.25, 0.3) is 0 Å². The fourth-order valence-corrected chi connectivity index (χ4v) is 3.27. The molecule has 7 heteroatoms. The first-order chi connectivity index (χ1) is 13.7. The van der Waals surface area contributed by atoms with Crippen LogP contribution in [0.25, 0.3) is 16.6 Å². The van der Waals surface area contributed by atoms with Crippen molar-refractivity contribution in [3.8, 4) is 5.69 Å². The lowest BCUT2D eigenvalue weighted by Gasteiger charge is -2.16. The highest BCUT2D eigenvalue weighted by Crippen LogP contribution is 2.24. The third-order valence-electron chi connectivity index (χ3n) is 4.63. The molecule has 6 nitrogen and oxygen atoms in total. The normalized spacial score (nSPS) is 12.4. The molecule has 4 rings (SSSR count). The van der Waals surface area contributed by atoms with E-state index in [-0.39, 0.29) is 18.7 Å². The molecule has 3 aromatic heterocycles. The molecular weight excluding hydrogens is 357 g/mol. The summed E-state index contributed by atoms with van der Waals surface area (Å²) in [6.07, 6.45) is 4.01.